The number of carbonyl (C=O) groups excluding carboxylic acids is 1. The molecule has 0 radical (unpaired) electrons. The van der Waals surface area contributed by atoms with Gasteiger partial charge in [0.1, 0.15) is 17.2 Å². The first kappa shape index (κ1) is 14.9. The Balaban J connectivity index is 2.39. The van der Waals surface area contributed by atoms with Gasteiger partial charge < -0.3 is 4.90 Å². The Labute approximate surface area is 123 Å². The Morgan fingerprint density at radius 3 is 2.76 bits per heavy atom. The Morgan fingerprint density at radius 2 is 2.14 bits per heavy atom. The van der Waals surface area contributed by atoms with Crippen molar-refractivity contribution in [2.45, 2.75) is 0 Å². The maximum absolute atomic E-state index is 13.2. The zero-order valence-corrected chi connectivity index (χ0v) is 11.5. The molecule has 0 aliphatic rings. The molecule has 0 unspecified atom stereocenters. The summed E-state index contributed by atoms with van der Waals surface area (Å²) >= 11 is 5.80. The lowest BCUT2D eigenvalue weighted by molar-refractivity contribution is -0.385. The molecule has 0 aliphatic carbocycles. The Morgan fingerprint density at radius 1 is 1.43 bits per heavy atom. The molecule has 108 valence electrons. The van der Waals surface area contributed by atoms with Crippen LogP contribution in [0.1, 0.15) is 10.4 Å². The number of anilines is 1. The van der Waals surface area contributed by atoms with E-state index in [9.17, 15) is 19.3 Å². The highest BCUT2D eigenvalue weighted by Crippen LogP contribution is 2.23. The molecule has 2 aromatic rings. The van der Waals surface area contributed by atoms with Crippen LogP contribution in [-0.4, -0.2) is 22.9 Å². The maximum atomic E-state index is 13.2. The van der Waals surface area contributed by atoms with E-state index in [0.29, 0.717) is 5.69 Å². The Kier molecular flexibility index (Phi) is 4.13. The van der Waals surface area contributed by atoms with Crippen LogP contribution in [0.2, 0.25) is 5.15 Å². The fourth-order valence-electron chi connectivity index (χ4n) is 1.67. The normalized spacial score (nSPS) is 10.2. The lowest BCUT2D eigenvalue weighted by Gasteiger charge is -2.17. The molecule has 6 nitrogen and oxygen atoms in total. The van der Waals surface area contributed by atoms with Crippen molar-refractivity contribution in [3.8, 4) is 0 Å². The molecule has 0 atom stereocenters. The number of benzene rings is 1. The van der Waals surface area contributed by atoms with Gasteiger partial charge in [-0.25, -0.2) is 9.37 Å². The summed E-state index contributed by atoms with van der Waals surface area (Å²) < 4.78 is 13.2. The summed E-state index contributed by atoms with van der Waals surface area (Å²) in [4.78, 5) is 27.1. The lowest BCUT2D eigenvalue weighted by atomic mass is 10.2. The van der Waals surface area contributed by atoms with Gasteiger partial charge in [0, 0.05) is 18.8 Å². The molecule has 2 rings (SSSR count). The molecule has 0 N–H and O–H groups in total. The molecule has 0 aliphatic heterocycles. The molecule has 0 saturated heterocycles. The first-order chi connectivity index (χ1) is 9.90. The van der Waals surface area contributed by atoms with E-state index in [1.54, 1.807) is 0 Å². The number of nitrogens with zero attached hydrogens (tertiary/aromatic N) is 3. The van der Waals surface area contributed by atoms with E-state index in [0.717, 1.165) is 23.2 Å². The number of nitro groups is 1. The van der Waals surface area contributed by atoms with E-state index in [1.165, 1.54) is 25.2 Å². The summed E-state index contributed by atoms with van der Waals surface area (Å²) in [6.45, 7) is 0. The third kappa shape index (κ3) is 3.14. The van der Waals surface area contributed by atoms with Crippen molar-refractivity contribution in [2.24, 2.45) is 0 Å². The minimum atomic E-state index is -0.678. The third-order valence-corrected chi connectivity index (χ3v) is 3.07. The summed E-state index contributed by atoms with van der Waals surface area (Å²) in [6.07, 6.45) is 0.960. The molecular formula is C13H9ClFN3O3. The highest BCUT2D eigenvalue weighted by Gasteiger charge is 2.21. The average Bonchev–Trinajstić information content (AvgIpc) is 2.46. The van der Waals surface area contributed by atoms with Crippen LogP contribution in [0.3, 0.4) is 0 Å². The van der Waals surface area contributed by atoms with Crippen molar-refractivity contribution >= 4 is 28.9 Å². The number of pyridine rings is 1. The van der Waals surface area contributed by atoms with Crippen molar-refractivity contribution in [3.05, 3.63) is 63.2 Å². The van der Waals surface area contributed by atoms with Gasteiger partial charge in [-0.2, -0.15) is 0 Å². The predicted octanol–water partition coefficient (Wildman–Crippen LogP) is 3.06. The standard InChI is InChI=1S/C13H9ClFN3O3/c1-17(9-4-2-3-8(15)5-9)13(19)11-6-10(18(20)21)7-16-12(11)14/h2-7H,1H3. The van der Waals surface area contributed by atoms with Crippen LogP contribution in [-0.2, 0) is 0 Å². The quantitative estimate of drug-likeness (QED) is 0.496. The van der Waals surface area contributed by atoms with Crippen molar-refractivity contribution in [1.29, 1.82) is 0 Å². The van der Waals surface area contributed by atoms with Gasteiger partial charge in [-0.3, -0.25) is 14.9 Å². The van der Waals surface area contributed by atoms with Gasteiger partial charge in [-0.15, -0.1) is 0 Å². The summed E-state index contributed by atoms with van der Waals surface area (Å²) in [5.41, 5.74) is -0.185. The second kappa shape index (κ2) is 5.84. The van der Waals surface area contributed by atoms with Gasteiger partial charge in [0.2, 0.25) is 0 Å². The number of rotatable bonds is 3. The minimum absolute atomic E-state index is 0.127. The van der Waals surface area contributed by atoms with Crippen molar-refractivity contribution in [1.82, 2.24) is 4.98 Å². The molecule has 1 amide bonds. The van der Waals surface area contributed by atoms with Crippen LogP contribution < -0.4 is 4.90 Å². The van der Waals surface area contributed by atoms with Gasteiger partial charge in [0.05, 0.1) is 10.5 Å². The lowest BCUT2D eigenvalue weighted by Crippen LogP contribution is -2.26. The molecule has 1 aromatic carbocycles. The number of amides is 1. The van der Waals surface area contributed by atoms with Crippen LogP contribution >= 0.6 is 11.6 Å². The van der Waals surface area contributed by atoms with E-state index in [2.05, 4.69) is 4.98 Å². The second-order valence-corrected chi connectivity index (χ2v) is 4.49. The molecule has 0 saturated carbocycles. The number of halogens is 2. The summed E-state index contributed by atoms with van der Waals surface area (Å²) in [7, 11) is 1.41. The van der Waals surface area contributed by atoms with E-state index in [-0.39, 0.29) is 16.4 Å². The molecule has 1 aromatic heterocycles. The van der Waals surface area contributed by atoms with Crippen LogP contribution in [0, 0.1) is 15.9 Å². The SMILES string of the molecule is CN(C(=O)c1cc([N+](=O)[O-])cnc1Cl)c1cccc(F)c1. The molecule has 0 bridgehead atoms. The van der Waals surface area contributed by atoms with E-state index < -0.39 is 16.6 Å². The molecular weight excluding hydrogens is 301 g/mol. The van der Waals surface area contributed by atoms with E-state index >= 15 is 0 Å². The zero-order valence-electron chi connectivity index (χ0n) is 10.8. The molecule has 0 fully saturated rings. The Bertz CT molecular complexity index is 724. The second-order valence-electron chi connectivity index (χ2n) is 4.13. The largest absolute Gasteiger partial charge is 0.311 e. The van der Waals surface area contributed by atoms with E-state index in [1.807, 2.05) is 0 Å². The maximum Gasteiger partial charge on any atom is 0.288 e. The van der Waals surface area contributed by atoms with Gasteiger partial charge >= 0.3 is 0 Å². The summed E-state index contributed by atoms with van der Waals surface area (Å²) in [5.74, 6) is -1.13. The molecule has 1 heterocycles. The average molecular weight is 310 g/mol. The first-order valence-electron chi connectivity index (χ1n) is 5.73. The molecule has 0 spiro atoms. The van der Waals surface area contributed by atoms with Gasteiger partial charge in [0.15, 0.2) is 0 Å². The summed E-state index contributed by atoms with van der Waals surface area (Å²) in [5, 5.41) is 10.6. The smallest absolute Gasteiger partial charge is 0.288 e. The van der Waals surface area contributed by atoms with Crippen LogP contribution in [0.4, 0.5) is 15.8 Å². The molecule has 8 heteroatoms. The number of hydrogen-bond donors (Lipinski definition) is 0. The highest BCUT2D eigenvalue weighted by atomic mass is 35.5. The van der Waals surface area contributed by atoms with Gasteiger partial charge in [-0.05, 0) is 18.2 Å². The molecule has 21 heavy (non-hydrogen) atoms. The van der Waals surface area contributed by atoms with Gasteiger partial charge in [-0.1, -0.05) is 17.7 Å². The fraction of sp³-hybridized carbons (Fsp3) is 0.0769. The Hall–Kier alpha value is -2.54. The number of carbonyl (C=O) groups is 1. The summed E-state index contributed by atoms with van der Waals surface area (Å²) in [6, 6.07) is 6.41. The fourth-order valence-corrected chi connectivity index (χ4v) is 1.85. The first-order valence-corrected chi connectivity index (χ1v) is 6.11. The van der Waals surface area contributed by atoms with Crippen LogP contribution in [0.15, 0.2) is 36.5 Å². The van der Waals surface area contributed by atoms with E-state index in [4.69, 9.17) is 11.6 Å². The number of hydrogen-bond acceptors (Lipinski definition) is 4. The minimum Gasteiger partial charge on any atom is -0.311 e. The number of aromatic nitrogens is 1. The predicted molar refractivity (Wildman–Crippen MR) is 75.0 cm³/mol. The third-order valence-electron chi connectivity index (χ3n) is 2.77. The van der Waals surface area contributed by atoms with Crippen LogP contribution in [0.5, 0.6) is 0 Å². The highest BCUT2D eigenvalue weighted by molar-refractivity contribution is 6.33. The zero-order chi connectivity index (χ0) is 15.6. The van der Waals surface area contributed by atoms with Crippen molar-refractivity contribution < 1.29 is 14.1 Å². The monoisotopic (exact) mass is 309 g/mol. The van der Waals surface area contributed by atoms with Crippen molar-refractivity contribution in [3.63, 3.8) is 0 Å². The van der Waals surface area contributed by atoms with Crippen LogP contribution in [0.25, 0.3) is 0 Å². The van der Waals surface area contributed by atoms with Crippen molar-refractivity contribution in [2.75, 3.05) is 11.9 Å². The van der Waals surface area contributed by atoms with Gasteiger partial charge in [0.25, 0.3) is 11.6 Å². The topological polar surface area (TPSA) is 76.3 Å².